The van der Waals surface area contributed by atoms with Gasteiger partial charge in [0.05, 0.1) is 17.4 Å². The van der Waals surface area contributed by atoms with Gasteiger partial charge in [-0.1, -0.05) is 19.1 Å². The van der Waals surface area contributed by atoms with Crippen molar-refractivity contribution >= 4 is 0 Å². The summed E-state index contributed by atoms with van der Waals surface area (Å²) in [7, 11) is 1.96. The lowest BCUT2D eigenvalue weighted by atomic mass is 9.93. The van der Waals surface area contributed by atoms with Gasteiger partial charge in [0.1, 0.15) is 0 Å². The van der Waals surface area contributed by atoms with Gasteiger partial charge in [0.25, 0.3) is 0 Å². The number of rotatable bonds is 5. The third-order valence-electron chi connectivity index (χ3n) is 4.11. The number of ether oxygens (including phenoxy) is 1. The highest BCUT2D eigenvalue weighted by molar-refractivity contribution is 5.17. The summed E-state index contributed by atoms with van der Waals surface area (Å²) in [6, 6.07) is 0.385. The van der Waals surface area contributed by atoms with E-state index in [0.717, 1.165) is 38.3 Å². The predicted octanol–water partition coefficient (Wildman–Crippen LogP) is 2.11. The molecule has 0 amide bonds. The lowest BCUT2D eigenvalue weighted by Crippen LogP contribution is -2.23. The van der Waals surface area contributed by atoms with Crippen LogP contribution in [0.2, 0.25) is 0 Å². The SMILES string of the molecule is CNCc1nnn(C(C)C(C)C)c1C1CCOCC1. The number of hydrogen-bond donors (Lipinski definition) is 1. The Morgan fingerprint density at radius 2 is 2.00 bits per heavy atom. The van der Waals surface area contributed by atoms with Gasteiger partial charge < -0.3 is 10.1 Å². The maximum absolute atomic E-state index is 5.48. The Bertz CT molecular complexity index is 396. The van der Waals surface area contributed by atoms with Crippen LogP contribution in [0.3, 0.4) is 0 Å². The van der Waals surface area contributed by atoms with E-state index in [2.05, 4.69) is 41.1 Å². The molecule has 0 saturated carbocycles. The lowest BCUT2D eigenvalue weighted by molar-refractivity contribution is 0.0826. The molecule has 2 heterocycles. The van der Waals surface area contributed by atoms with Gasteiger partial charge in [0.15, 0.2) is 0 Å². The van der Waals surface area contributed by atoms with Crippen molar-refractivity contribution in [1.29, 1.82) is 0 Å². The highest BCUT2D eigenvalue weighted by Gasteiger charge is 2.27. The molecular formula is C14H26N4O. The van der Waals surface area contributed by atoms with E-state index in [1.165, 1.54) is 5.69 Å². The van der Waals surface area contributed by atoms with Crippen LogP contribution in [0.25, 0.3) is 0 Å². The molecule has 1 fully saturated rings. The van der Waals surface area contributed by atoms with Crippen molar-refractivity contribution in [2.45, 2.75) is 52.1 Å². The molecule has 0 radical (unpaired) electrons. The molecule has 1 saturated heterocycles. The van der Waals surface area contributed by atoms with E-state index in [0.29, 0.717) is 17.9 Å². The summed E-state index contributed by atoms with van der Waals surface area (Å²) in [6.07, 6.45) is 2.16. The van der Waals surface area contributed by atoms with E-state index in [1.807, 2.05) is 7.05 Å². The van der Waals surface area contributed by atoms with Crippen molar-refractivity contribution in [3.8, 4) is 0 Å². The minimum Gasteiger partial charge on any atom is -0.381 e. The Labute approximate surface area is 115 Å². The number of nitrogens with one attached hydrogen (secondary N) is 1. The Kier molecular flexibility index (Phi) is 4.93. The van der Waals surface area contributed by atoms with E-state index in [1.54, 1.807) is 0 Å². The molecule has 1 atom stereocenters. The molecule has 1 unspecified atom stereocenters. The average molecular weight is 266 g/mol. The van der Waals surface area contributed by atoms with E-state index in [-0.39, 0.29) is 0 Å². The molecule has 1 N–H and O–H groups in total. The fourth-order valence-electron chi connectivity index (χ4n) is 2.60. The summed E-state index contributed by atoms with van der Waals surface area (Å²) >= 11 is 0. The van der Waals surface area contributed by atoms with Crippen LogP contribution >= 0.6 is 0 Å². The first-order valence-electron chi connectivity index (χ1n) is 7.31. The molecule has 0 bridgehead atoms. The van der Waals surface area contributed by atoms with E-state index < -0.39 is 0 Å². The second-order valence-corrected chi connectivity index (χ2v) is 5.77. The van der Waals surface area contributed by atoms with Gasteiger partial charge in [-0.05, 0) is 32.7 Å². The predicted molar refractivity (Wildman–Crippen MR) is 75.1 cm³/mol. The topological polar surface area (TPSA) is 52.0 Å². The van der Waals surface area contributed by atoms with Gasteiger partial charge in [0, 0.05) is 25.7 Å². The number of aromatic nitrogens is 3. The first-order valence-corrected chi connectivity index (χ1v) is 7.31. The maximum Gasteiger partial charge on any atom is 0.0999 e. The molecule has 1 aliphatic heterocycles. The molecule has 0 aromatic carbocycles. The molecule has 0 spiro atoms. The molecule has 1 aromatic heterocycles. The average Bonchev–Trinajstić information content (AvgIpc) is 2.83. The normalized spacial score (nSPS) is 19.0. The minimum atomic E-state index is 0.385. The zero-order chi connectivity index (χ0) is 13.8. The third kappa shape index (κ3) is 3.15. The van der Waals surface area contributed by atoms with Crippen LogP contribution in [0.1, 0.15) is 57.0 Å². The first kappa shape index (κ1) is 14.5. The molecular weight excluding hydrogens is 240 g/mol. The number of nitrogens with zero attached hydrogens (tertiary/aromatic N) is 3. The highest BCUT2D eigenvalue weighted by Crippen LogP contribution is 2.31. The smallest absolute Gasteiger partial charge is 0.0999 e. The maximum atomic E-state index is 5.48. The standard InChI is InChI=1S/C14H26N4O/c1-10(2)11(3)18-14(12-5-7-19-8-6-12)13(9-15-4)16-17-18/h10-12,15H,5-9H2,1-4H3. The molecule has 1 aromatic rings. The fraction of sp³-hybridized carbons (Fsp3) is 0.857. The van der Waals surface area contributed by atoms with Gasteiger partial charge in [-0.3, -0.25) is 0 Å². The van der Waals surface area contributed by atoms with Gasteiger partial charge in [-0.2, -0.15) is 0 Å². The molecule has 2 rings (SSSR count). The Morgan fingerprint density at radius 3 is 2.58 bits per heavy atom. The van der Waals surface area contributed by atoms with Crippen molar-refractivity contribution in [3.63, 3.8) is 0 Å². The minimum absolute atomic E-state index is 0.385. The third-order valence-corrected chi connectivity index (χ3v) is 4.11. The second-order valence-electron chi connectivity index (χ2n) is 5.77. The monoisotopic (exact) mass is 266 g/mol. The quantitative estimate of drug-likeness (QED) is 0.887. The molecule has 5 nitrogen and oxygen atoms in total. The van der Waals surface area contributed by atoms with Crippen LogP contribution in [-0.4, -0.2) is 35.3 Å². The highest BCUT2D eigenvalue weighted by atomic mass is 16.5. The van der Waals surface area contributed by atoms with Crippen LogP contribution in [-0.2, 0) is 11.3 Å². The van der Waals surface area contributed by atoms with Crippen LogP contribution < -0.4 is 5.32 Å². The fourth-order valence-corrected chi connectivity index (χ4v) is 2.60. The summed E-state index contributed by atoms with van der Waals surface area (Å²) in [5, 5.41) is 12.0. The van der Waals surface area contributed by atoms with Crippen molar-refractivity contribution < 1.29 is 4.74 Å². The van der Waals surface area contributed by atoms with Crippen LogP contribution in [0, 0.1) is 5.92 Å². The lowest BCUT2D eigenvalue weighted by Gasteiger charge is -2.26. The summed E-state index contributed by atoms with van der Waals surface area (Å²) in [5.74, 6) is 1.09. The van der Waals surface area contributed by atoms with Crippen molar-refractivity contribution in [2.24, 2.45) is 5.92 Å². The Balaban J connectivity index is 2.32. The zero-order valence-electron chi connectivity index (χ0n) is 12.5. The van der Waals surface area contributed by atoms with Crippen molar-refractivity contribution in [3.05, 3.63) is 11.4 Å². The summed E-state index contributed by atoms with van der Waals surface area (Å²) in [4.78, 5) is 0. The number of hydrogen-bond acceptors (Lipinski definition) is 4. The van der Waals surface area contributed by atoms with Gasteiger partial charge in [-0.25, -0.2) is 4.68 Å². The van der Waals surface area contributed by atoms with Gasteiger partial charge in [0.2, 0.25) is 0 Å². The summed E-state index contributed by atoms with van der Waals surface area (Å²) in [5.41, 5.74) is 2.42. The molecule has 5 heteroatoms. The Morgan fingerprint density at radius 1 is 1.32 bits per heavy atom. The summed E-state index contributed by atoms with van der Waals surface area (Å²) in [6.45, 7) is 9.19. The largest absolute Gasteiger partial charge is 0.381 e. The van der Waals surface area contributed by atoms with Gasteiger partial charge in [-0.15, -0.1) is 5.10 Å². The molecule has 108 valence electrons. The summed E-state index contributed by atoms with van der Waals surface area (Å²) < 4.78 is 7.63. The van der Waals surface area contributed by atoms with Crippen molar-refractivity contribution in [2.75, 3.05) is 20.3 Å². The van der Waals surface area contributed by atoms with Crippen LogP contribution in [0.15, 0.2) is 0 Å². The van der Waals surface area contributed by atoms with Crippen molar-refractivity contribution in [1.82, 2.24) is 20.3 Å². The Hall–Kier alpha value is -0.940. The van der Waals surface area contributed by atoms with Gasteiger partial charge >= 0.3 is 0 Å². The van der Waals surface area contributed by atoms with Crippen LogP contribution in [0.5, 0.6) is 0 Å². The first-order chi connectivity index (χ1) is 9.15. The van der Waals surface area contributed by atoms with Crippen LogP contribution in [0.4, 0.5) is 0 Å². The molecule has 19 heavy (non-hydrogen) atoms. The second kappa shape index (κ2) is 6.48. The molecule has 1 aliphatic rings. The van der Waals surface area contributed by atoms with E-state index >= 15 is 0 Å². The zero-order valence-corrected chi connectivity index (χ0v) is 12.5. The van der Waals surface area contributed by atoms with E-state index in [4.69, 9.17) is 4.74 Å². The van der Waals surface area contributed by atoms with E-state index in [9.17, 15) is 0 Å². The molecule has 0 aliphatic carbocycles.